The average molecular weight is 503 g/mol. The van der Waals surface area contributed by atoms with Gasteiger partial charge in [-0.2, -0.15) is 0 Å². The van der Waals surface area contributed by atoms with Gasteiger partial charge in [-0.3, -0.25) is 15.1 Å². The maximum absolute atomic E-state index is 12.8. The molecule has 0 heterocycles. The second kappa shape index (κ2) is 15.3. The van der Waals surface area contributed by atoms with Crippen LogP contribution in [0.1, 0.15) is 15.9 Å². The molecule has 2 aromatic carbocycles. The number of ketones is 1. The lowest BCUT2D eigenvalue weighted by Crippen LogP contribution is -2.41. The quantitative estimate of drug-likeness (QED) is 0.122. The predicted molar refractivity (Wildman–Crippen MR) is 148 cm³/mol. The highest BCUT2D eigenvalue weighted by atomic mass is 32.1. The van der Waals surface area contributed by atoms with Crippen LogP contribution in [0.4, 0.5) is 11.4 Å². The highest BCUT2D eigenvalue weighted by Crippen LogP contribution is 2.11. The molecule has 9 nitrogen and oxygen atoms in total. The predicted octanol–water partition coefficient (Wildman–Crippen LogP) is 1.26. The van der Waals surface area contributed by atoms with E-state index in [9.17, 15) is 4.79 Å². The summed E-state index contributed by atoms with van der Waals surface area (Å²) in [4.78, 5) is 14.9. The summed E-state index contributed by atoms with van der Waals surface area (Å²) in [6.45, 7) is 3.63. The molecule has 0 bridgehead atoms. The first-order valence-corrected chi connectivity index (χ1v) is 11.8. The first kappa shape index (κ1) is 27.6. The fourth-order valence-electron chi connectivity index (χ4n) is 3.08. The third-order valence-corrected chi connectivity index (χ3v) is 5.36. The molecule has 2 aromatic rings. The van der Waals surface area contributed by atoms with Crippen molar-refractivity contribution in [3.8, 4) is 0 Å². The molecule has 184 valence electrons. The molecule has 0 atom stereocenters. The number of carbonyl (C=O) groups excluding carboxylic acids is 1. The molecule has 11 heteroatoms. The molecule has 0 amide bonds. The van der Waals surface area contributed by atoms with E-state index in [-0.39, 0.29) is 5.78 Å². The molecule has 0 saturated carbocycles. The summed E-state index contributed by atoms with van der Waals surface area (Å²) in [6.07, 6.45) is 0. The van der Waals surface area contributed by atoms with E-state index in [1.807, 2.05) is 43.4 Å². The minimum absolute atomic E-state index is 0.0549. The Morgan fingerprint density at radius 3 is 2.06 bits per heavy atom. The van der Waals surface area contributed by atoms with Gasteiger partial charge in [0.05, 0.1) is 6.54 Å². The number of nitrogens with two attached hydrogens (primary N) is 1. The first-order valence-electron chi connectivity index (χ1n) is 11.0. The number of benzene rings is 2. The summed E-state index contributed by atoms with van der Waals surface area (Å²) in [7, 11) is 3.63. The van der Waals surface area contributed by atoms with Gasteiger partial charge in [-0.25, -0.2) is 5.43 Å². The van der Waals surface area contributed by atoms with Crippen LogP contribution in [0.3, 0.4) is 0 Å². The Morgan fingerprint density at radius 1 is 0.882 bits per heavy atom. The molecule has 0 aliphatic carbocycles. The number of nitrogens with zero attached hydrogens (tertiary/aromatic N) is 1. The van der Waals surface area contributed by atoms with Crippen LogP contribution in [-0.2, 0) is 6.54 Å². The number of hydrogen-bond acceptors (Lipinski definition) is 7. The fraction of sp³-hybridized carbons (Fsp3) is 0.348. The zero-order valence-electron chi connectivity index (χ0n) is 19.6. The molecule has 2 rings (SSSR count). The summed E-state index contributed by atoms with van der Waals surface area (Å²) in [6, 6.07) is 15.1. The molecular weight excluding hydrogens is 468 g/mol. The van der Waals surface area contributed by atoms with Crippen molar-refractivity contribution < 1.29 is 4.79 Å². The van der Waals surface area contributed by atoms with E-state index < -0.39 is 0 Å². The van der Waals surface area contributed by atoms with Gasteiger partial charge in [0.1, 0.15) is 0 Å². The van der Waals surface area contributed by atoms with Crippen LogP contribution in [0.25, 0.3) is 0 Å². The minimum atomic E-state index is 0.0549. The Bertz CT molecular complexity index is 922. The lowest BCUT2D eigenvalue weighted by molar-refractivity contribution is 0.0933. The Balaban J connectivity index is 1.84. The van der Waals surface area contributed by atoms with Crippen LogP contribution in [0.2, 0.25) is 0 Å². The number of hydrazine groups is 1. The molecule has 0 aliphatic rings. The van der Waals surface area contributed by atoms with Crippen molar-refractivity contribution in [1.82, 2.24) is 26.4 Å². The third kappa shape index (κ3) is 10.1. The molecule has 0 aromatic heterocycles. The minimum Gasteiger partial charge on any atom is -0.361 e. The molecule has 0 aliphatic heterocycles. The van der Waals surface area contributed by atoms with Crippen LogP contribution >= 0.6 is 24.4 Å². The summed E-state index contributed by atoms with van der Waals surface area (Å²) in [5.41, 5.74) is 14.6. The van der Waals surface area contributed by atoms with E-state index in [1.54, 1.807) is 19.2 Å². The molecule has 0 fully saturated rings. The normalized spacial score (nSPS) is 10.6. The number of carbonyl (C=O) groups is 1. The standard InChI is InChI=1S/C23H34N8OS2/c1-25-11-13-31(14-12-27-22(33)28-19-7-3-17(15-24)4-8-19)16-21(32)18-5-9-20(10-6-18)29-23(34)30-26-2/h3-10,25-26H,11-16,24H2,1-2H3,(H2,27,28,33)(H2,29,30,34). The Labute approximate surface area is 212 Å². The van der Waals surface area contributed by atoms with Gasteiger partial charge in [0.15, 0.2) is 16.0 Å². The summed E-state index contributed by atoms with van der Waals surface area (Å²) < 4.78 is 0. The molecular formula is C23H34N8OS2. The van der Waals surface area contributed by atoms with E-state index in [4.69, 9.17) is 30.2 Å². The lowest BCUT2D eigenvalue weighted by Gasteiger charge is -2.22. The van der Waals surface area contributed by atoms with Crippen molar-refractivity contribution in [2.75, 3.05) is 57.5 Å². The van der Waals surface area contributed by atoms with Crippen molar-refractivity contribution in [1.29, 1.82) is 0 Å². The van der Waals surface area contributed by atoms with Crippen LogP contribution in [-0.4, -0.2) is 67.7 Å². The van der Waals surface area contributed by atoms with Crippen LogP contribution in [0.15, 0.2) is 48.5 Å². The number of anilines is 2. The van der Waals surface area contributed by atoms with Gasteiger partial charge in [-0.15, -0.1) is 0 Å². The van der Waals surface area contributed by atoms with Gasteiger partial charge in [-0.05, 0) is 73.4 Å². The van der Waals surface area contributed by atoms with E-state index in [2.05, 4.69) is 37.0 Å². The maximum Gasteiger partial charge on any atom is 0.185 e. The maximum atomic E-state index is 12.8. The van der Waals surface area contributed by atoms with Crippen molar-refractivity contribution in [3.05, 3.63) is 59.7 Å². The third-order valence-electron chi connectivity index (χ3n) is 4.91. The van der Waals surface area contributed by atoms with Gasteiger partial charge < -0.3 is 27.0 Å². The smallest absolute Gasteiger partial charge is 0.185 e. The largest absolute Gasteiger partial charge is 0.361 e. The second-order valence-electron chi connectivity index (χ2n) is 7.49. The van der Waals surface area contributed by atoms with Gasteiger partial charge in [-0.1, -0.05) is 12.1 Å². The van der Waals surface area contributed by atoms with E-state index in [1.165, 1.54) is 0 Å². The summed E-state index contributed by atoms with van der Waals surface area (Å²) in [5.74, 6) is 0.0549. The Kier molecular flexibility index (Phi) is 12.4. The highest BCUT2D eigenvalue weighted by molar-refractivity contribution is 7.80. The van der Waals surface area contributed by atoms with E-state index >= 15 is 0 Å². The topological polar surface area (TPSA) is 119 Å². The van der Waals surface area contributed by atoms with Crippen LogP contribution in [0.5, 0.6) is 0 Å². The Morgan fingerprint density at radius 2 is 1.47 bits per heavy atom. The van der Waals surface area contributed by atoms with Crippen LogP contribution in [0, 0.1) is 0 Å². The molecule has 34 heavy (non-hydrogen) atoms. The lowest BCUT2D eigenvalue weighted by atomic mass is 10.1. The van der Waals surface area contributed by atoms with Gasteiger partial charge in [0.25, 0.3) is 0 Å². The summed E-state index contributed by atoms with van der Waals surface area (Å²) in [5, 5.41) is 13.5. The monoisotopic (exact) mass is 502 g/mol. The first-order chi connectivity index (χ1) is 16.4. The van der Waals surface area contributed by atoms with Gasteiger partial charge in [0, 0.05) is 56.7 Å². The number of hydrogen-bond donors (Lipinski definition) is 7. The van der Waals surface area contributed by atoms with Gasteiger partial charge in [0.2, 0.25) is 0 Å². The highest BCUT2D eigenvalue weighted by Gasteiger charge is 2.13. The summed E-state index contributed by atoms with van der Waals surface area (Å²) >= 11 is 10.5. The molecule has 0 spiro atoms. The fourth-order valence-corrected chi connectivity index (χ4v) is 3.52. The van der Waals surface area contributed by atoms with Crippen molar-refractivity contribution in [2.24, 2.45) is 5.73 Å². The number of rotatable bonds is 13. The van der Waals surface area contributed by atoms with Crippen molar-refractivity contribution >= 4 is 51.8 Å². The number of likely N-dealkylation sites (N-methyl/N-ethyl adjacent to an activating group) is 1. The molecule has 0 saturated heterocycles. The van der Waals surface area contributed by atoms with Crippen LogP contribution < -0.4 is 37.9 Å². The number of nitrogens with one attached hydrogen (secondary N) is 6. The molecule has 0 radical (unpaired) electrons. The van der Waals surface area contributed by atoms with Crippen molar-refractivity contribution in [3.63, 3.8) is 0 Å². The second-order valence-corrected chi connectivity index (χ2v) is 8.31. The van der Waals surface area contributed by atoms with E-state index in [0.29, 0.717) is 42.0 Å². The van der Waals surface area contributed by atoms with E-state index in [0.717, 1.165) is 30.0 Å². The number of thiocarbonyl (C=S) groups is 2. The van der Waals surface area contributed by atoms with Crippen molar-refractivity contribution in [2.45, 2.75) is 6.54 Å². The molecule has 8 N–H and O–H groups in total. The Hall–Kier alpha value is -2.67. The zero-order valence-corrected chi connectivity index (χ0v) is 21.2. The zero-order chi connectivity index (χ0) is 24.8. The number of Topliss-reactive ketones (excluding diaryl/α,β-unsaturated/α-hetero) is 1. The average Bonchev–Trinajstić information content (AvgIpc) is 2.83. The van der Waals surface area contributed by atoms with Gasteiger partial charge >= 0.3 is 0 Å². The SMILES string of the molecule is CNCCN(CCNC(=S)Nc1ccc(CN)cc1)CC(=O)c1ccc(NC(=S)NNC)cc1. The molecule has 0 unspecified atom stereocenters.